The van der Waals surface area contributed by atoms with Crippen molar-refractivity contribution in [1.29, 1.82) is 0 Å². The maximum absolute atomic E-state index is 12.7. The summed E-state index contributed by atoms with van der Waals surface area (Å²) in [5, 5.41) is 2.23. The highest BCUT2D eigenvalue weighted by Gasteiger charge is 2.35. The predicted molar refractivity (Wildman–Crippen MR) is 96.7 cm³/mol. The number of thioether (sulfide) groups is 1. The van der Waals surface area contributed by atoms with Crippen LogP contribution in [0.15, 0.2) is 65.1 Å². The lowest BCUT2D eigenvalue weighted by molar-refractivity contribution is -0.130. The van der Waals surface area contributed by atoms with Crippen molar-refractivity contribution in [2.75, 3.05) is 6.26 Å². The van der Waals surface area contributed by atoms with Crippen molar-refractivity contribution < 1.29 is 14.4 Å². The number of carbonyl (C=O) groups excluding carboxylic acids is 3. The van der Waals surface area contributed by atoms with E-state index in [4.69, 9.17) is 0 Å². The maximum atomic E-state index is 12.7. The molecule has 0 saturated carbocycles. The fourth-order valence-corrected chi connectivity index (χ4v) is 2.88. The topological polar surface area (TPSA) is 66.5 Å². The molecule has 0 spiro atoms. The largest absolute Gasteiger partial charge is 0.331 e. The first-order valence-electron chi connectivity index (χ1n) is 7.65. The Morgan fingerprint density at radius 3 is 2.32 bits per heavy atom. The minimum Gasteiger partial charge on any atom is -0.273 e. The smallest absolute Gasteiger partial charge is 0.273 e. The minimum absolute atomic E-state index is 0.0487. The van der Waals surface area contributed by atoms with Crippen molar-refractivity contribution in [3.63, 3.8) is 0 Å². The summed E-state index contributed by atoms with van der Waals surface area (Å²) in [5.74, 6) is -1.26. The van der Waals surface area contributed by atoms with Gasteiger partial charge in [-0.05, 0) is 35.6 Å². The first-order valence-corrected chi connectivity index (χ1v) is 8.88. The van der Waals surface area contributed by atoms with Crippen LogP contribution in [-0.4, -0.2) is 29.0 Å². The molecule has 1 fully saturated rings. The molecule has 1 aliphatic heterocycles. The number of nitrogens with zero attached hydrogens (tertiary/aromatic N) is 1. The third kappa shape index (κ3) is 3.80. The van der Waals surface area contributed by atoms with Crippen LogP contribution in [0.25, 0.3) is 6.08 Å². The second-order valence-corrected chi connectivity index (χ2v) is 6.35. The average Bonchev–Trinajstić information content (AvgIpc) is 2.63. The second-order valence-electron chi connectivity index (χ2n) is 5.47. The highest BCUT2D eigenvalue weighted by Crippen LogP contribution is 2.19. The molecule has 0 atom stereocenters. The molecule has 2 aromatic carbocycles. The van der Waals surface area contributed by atoms with Crippen LogP contribution in [0.3, 0.4) is 0 Å². The number of benzene rings is 2. The number of hydrogen-bond donors (Lipinski definition) is 1. The molecule has 1 N–H and O–H groups in total. The van der Waals surface area contributed by atoms with E-state index in [9.17, 15) is 14.4 Å². The van der Waals surface area contributed by atoms with E-state index >= 15 is 0 Å². The summed E-state index contributed by atoms with van der Waals surface area (Å²) in [5.41, 5.74) is 1.49. The zero-order valence-corrected chi connectivity index (χ0v) is 14.4. The Hall–Kier alpha value is -2.86. The van der Waals surface area contributed by atoms with E-state index in [1.54, 1.807) is 11.8 Å². The maximum Gasteiger partial charge on any atom is 0.331 e. The van der Waals surface area contributed by atoms with Gasteiger partial charge < -0.3 is 0 Å². The van der Waals surface area contributed by atoms with Gasteiger partial charge in [0.05, 0.1) is 6.54 Å². The van der Waals surface area contributed by atoms with Crippen LogP contribution in [0.5, 0.6) is 0 Å². The SMILES string of the molecule is CSc1ccc(C=C2C(=O)NC(=O)N(Cc3ccccc3)C2=O)cc1. The molecule has 0 unspecified atom stereocenters. The Kier molecular flexibility index (Phi) is 5.00. The van der Waals surface area contributed by atoms with Crippen molar-refractivity contribution in [3.8, 4) is 0 Å². The van der Waals surface area contributed by atoms with Crippen molar-refractivity contribution in [1.82, 2.24) is 10.2 Å². The van der Waals surface area contributed by atoms with Crippen LogP contribution in [0.2, 0.25) is 0 Å². The molecule has 2 aromatic rings. The summed E-state index contributed by atoms with van der Waals surface area (Å²) in [6.45, 7) is 0.113. The fraction of sp³-hybridized carbons (Fsp3) is 0.105. The highest BCUT2D eigenvalue weighted by atomic mass is 32.2. The van der Waals surface area contributed by atoms with Crippen molar-refractivity contribution in [2.24, 2.45) is 0 Å². The lowest BCUT2D eigenvalue weighted by Gasteiger charge is -2.26. The number of carbonyl (C=O) groups is 3. The van der Waals surface area contributed by atoms with Gasteiger partial charge in [0.2, 0.25) is 0 Å². The van der Waals surface area contributed by atoms with E-state index in [0.29, 0.717) is 0 Å². The third-order valence-electron chi connectivity index (χ3n) is 3.80. The van der Waals surface area contributed by atoms with Crippen molar-refractivity contribution in [3.05, 3.63) is 71.3 Å². The van der Waals surface area contributed by atoms with Gasteiger partial charge in [0.15, 0.2) is 0 Å². The zero-order valence-electron chi connectivity index (χ0n) is 13.6. The summed E-state index contributed by atoms with van der Waals surface area (Å²) in [6.07, 6.45) is 3.48. The van der Waals surface area contributed by atoms with Crippen molar-refractivity contribution >= 4 is 35.7 Å². The van der Waals surface area contributed by atoms with E-state index in [1.165, 1.54) is 6.08 Å². The van der Waals surface area contributed by atoms with Crippen LogP contribution in [0.4, 0.5) is 4.79 Å². The molecular formula is C19H16N2O3S. The number of hydrogen-bond acceptors (Lipinski definition) is 4. The molecule has 0 aliphatic carbocycles. The van der Waals surface area contributed by atoms with E-state index < -0.39 is 17.8 Å². The Bertz CT molecular complexity index is 845. The molecule has 126 valence electrons. The number of barbiturate groups is 1. The number of rotatable bonds is 4. The first-order chi connectivity index (χ1) is 12.1. The van der Waals surface area contributed by atoms with Gasteiger partial charge in [0.1, 0.15) is 5.57 Å². The molecule has 6 heteroatoms. The molecule has 3 rings (SSSR count). The molecule has 1 saturated heterocycles. The van der Waals surface area contributed by atoms with E-state index in [1.807, 2.05) is 60.9 Å². The Labute approximate surface area is 149 Å². The van der Waals surface area contributed by atoms with Gasteiger partial charge in [-0.25, -0.2) is 4.79 Å². The summed E-state index contributed by atoms with van der Waals surface area (Å²) in [4.78, 5) is 38.9. The number of urea groups is 1. The van der Waals surface area contributed by atoms with E-state index in [2.05, 4.69) is 5.32 Å². The minimum atomic E-state index is -0.700. The molecule has 1 aliphatic rings. The molecule has 0 bridgehead atoms. The third-order valence-corrected chi connectivity index (χ3v) is 4.54. The van der Waals surface area contributed by atoms with Gasteiger partial charge in [0.25, 0.3) is 11.8 Å². The van der Waals surface area contributed by atoms with Crippen LogP contribution >= 0.6 is 11.8 Å². The van der Waals surface area contributed by atoms with Gasteiger partial charge in [-0.3, -0.25) is 19.8 Å². The summed E-state index contributed by atoms with van der Waals surface area (Å²) in [6, 6.07) is 15.9. The molecule has 5 nitrogen and oxygen atoms in total. The lowest BCUT2D eigenvalue weighted by atomic mass is 10.1. The quantitative estimate of drug-likeness (QED) is 0.522. The van der Waals surface area contributed by atoms with Gasteiger partial charge in [0, 0.05) is 4.90 Å². The van der Waals surface area contributed by atoms with Crippen LogP contribution in [0.1, 0.15) is 11.1 Å². The zero-order chi connectivity index (χ0) is 17.8. The number of amides is 4. The molecule has 1 heterocycles. The van der Waals surface area contributed by atoms with Crippen LogP contribution in [-0.2, 0) is 16.1 Å². The van der Waals surface area contributed by atoms with Gasteiger partial charge in [-0.2, -0.15) is 0 Å². The Morgan fingerprint density at radius 2 is 1.68 bits per heavy atom. The van der Waals surface area contributed by atoms with Crippen LogP contribution in [0, 0.1) is 0 Å². The molecule has 0 radical (unpaired) electrons. The summed E-state index contributed by atoms with van der Waals surface area (Å²) < 4.78 is 0. The standard InChI is InChI=1S/C19H16N2O3S/c1-25-15-9-7-13(8-10-15)11-16-17(22)20-19(24)21(18(16)23)12-14-5-3-2-4-6-14/h2-11H,12H2,1H3,(H,20,22,24). The van der Waals surface area contributed by atoms with Crippen LogP contribution < -0.4 is 5.32 Å². The van der Waals surface area contributed by atoms with E-state index in [-0.39, 0.29) is 12.1 Å². The molecular weight excluding hydrogens is 336 g/mol. The van der Waals surface area contributed by atoms with Gasteiger partial charge in [-0.15, -0.1) is 11.8 Å². The highest BCUT2D eigenvalue weighted by molar-refractivity contribution is 7.98. The second kappa shape index (κ2) is 7.36. The lowest BCUT2D eigenvalue weighted by Crippen LogP contribution is -2.53. The van der Waals surface area contributed by atoms with Crippen molar-refractivity contribution in [2.45, 2.75) is 11.4 Å². The number of imide groups is 2. The summed E-state index contributed by atoms with van der Waals surface area (Å²) >= 11 is 1.61. The first kappa shape index (κ1) is 17.0. The summed E-state index contributed by atoms with van der Waals surface area (Å²) in [7, 11) is 0. The Balaban J connectivity index is 1.87. The monoisotopic (exact) mass is 352 g/mol. The number of nitrogens with one attached hydrogen (secondary N) is 1. The molecule has 4 amide bonds. The van der Waals surface area contributed by atoms with Gasteiger partial charge >= 0.3 is 6.03 Å². The normalized spacial score (nSPS) is 16.3. The van der Waals surface area contributed by atoms with Gasteiger partial charge in [-0.1, -0.05) is 42.5 Å². The van der Waals surface area contributed by atoms with E-state index in [0.717, 1.165) is 20.9 Å². The molecule has 25 heavy (non-hydrogen) atoms. The molecule has 0 aromatic heterocycles. The predicted octanol–water partition coefficient (Wildman–Crippen LogP) is 3.07. The average molecular weight is 352 g/mol. The Morgan fingerprint density at radius 1 is 1.00 bits per heavy atom. The fourth-order valence-electron chi connectivity index (χ4n) is 2.47.